The molecule has 1 rings (SSSR count). The fourth-order valence-electron chi connectivity index (χ4n) is 1.39. The molecule has 1 amide bonds. The van der Waals surface area contributed by atoms with E-state index in [1.54, 1.807) is 11.9 Å². The SMILES string of the molecule is Cc1cc(CN(C)C(=O)CCCCBr)no1. The predicted molar refractivity (Wildman–Crippen MR) is 65.4 cm³/mol. The number of carbonyl (C=O) groups is 1. The highest BCUT2D eigenvalue weighted by Crippen LogP contribution is 2.07. The minimum absolute atomic E-state index is 0.154. The van der Waals surface area contributed by atoms with Gasteiger partial charge in [0, 0.05) is 24.9 Å². The van der Waals surface area contributed by atoms with Crippen molar-refractivity contribution in [3.63, 3.8) is 0 Å². The maximum absolute atomic E-state index is 11.7. The Morgan fingerprint density at radius 2 is 2.31 bits per heavy atom. The van der Waals surface area contributed by atoms with Crippen LogP contribution < -0.4 is 0 Å². The molecule has 0 aliphatic rings. The smallest absolute Gasteiger partial charge is 0.222 e. The van der Waals surface area contributed by atoms with Crippen molar-refractivity contribution in [2.24, 2.45) is 0 Å². The van der Waals surface area contributed by atoms with E-state index >= 15 is 0 Å². The first-order valence-corrected chi connectivity index (χ1v) is 6.47. The van der Waals surface area contributed by atoms with Crippen molar-refractivity contribution in [2.75, 3.05) is 12.4 Å². The summed E-state index contributed by atoms with van der Waals surface area (Å²) in [5.74, 6) is 0.928. The van der Waals surface area contributed by atoms with Crippen molar-refractivity contribution < 1.29 is 9.32 Å². The Bertz CT molecular complexity index is 338. The Morgan fingerprint density at radius 3 is 2.88 bits per heavy atom. The van der Waals surface area contributed by atoms with Crippen molar-refractivity contribution in [1.29, 1.82) is 0 Å². The first-order valence-electron chi connectivity index (χ1n) is 5.35. The van der Waals surface area contributed by atoms with E-state index < -0.39 is 0 Å². The third kappa shape index (κ3) is 4.35. The van der Waals surface area contributed by atoms with Gasteiger partial charge in [-0.15, -0.1) is 0 Å². The average molecular weight is 289 g/mol. The van der Waals surface area contributed by atoms with Gasteiger partial charge in [0.15, 0.2) is 0 Å². The number of aromatic nitrogens is 1. The van der Waals surface area contributed by atoms with Gasteiger partial charge >= 0.3 is 0 Å². The molecule has 1 heterocycles. The van der Waals surface area contributed by atoms with Crippen LogP contribution in [0.1, 0.15) is 30.7 Å². The zero-order chi connectivity index (χ0) is 12.0. The highest BCUT2D eigenvalue weighted by atomic mass is 79.9. The molecule has 16 heavy (non-hydrogen) atoms. The molecule has 1 aromatic heterocycles. The molecule has 0 aliphatic carbocycles. The van der Waals surface area contributed by atoms with Gasteiger partial charge in [0.05, 0.1) is 6.54 Å². The van der Waals surface area contributed by atoms with Gasteiger partial charge in [0.1, 0.15) is 11.5 Å². The zero-order valence-electron chi connectivity index (χ0n) is 9.70. The molecule has 0 aliphatic heterocycles. The van der Waals surface area contributed by atoms with Crippen LogP contribution in [0.4, 0.5) is 0 Å². The normalized spacial score (nSPS) is 10.4. The van der Waals surface area contributed by atoms with E-state index in [1.807, 2.05) is 13.0 Å². The monoisotopic (exact) mass is 288 g/mol. The Labute approximate surface area is 104 Å². The van der Waals surface area contributed by atoms with Crippen LogP contribution >= 0.6 is 15.9 Å². The predicted octanol–water partition coefficient (Wildman–Crippen LogP) is 2.51. The Hall–Kier alpha value is -0.840. The largest absolute Gasteiger partial charge is 0.361 e. The quantitative estimate of drug-likeness (QED) is 0.597. The molecule has 0 bridgehead atoms. The van der Waals surface area contributed by atoms with E-state index in [9.17, 15) is 4.79 Å². The summed E-state index contributed by atoms with van der Waals surface area (Å²) in [6, 6.07) is 1.85. The standard InChI is InChI=1S/C11H17BrN2O2/c1-9-7-10(13-16-9)8-14(2)11(15)5-3-4-6-12/h7H,3-6,8H2,1-2H3. The molecule has 0 saturated heterocycles. The molecule has 0 spiro atoms. The first kappa shape index (κ1) is 13.2. The molecule has 4 nitrogen and oxygen atoms in total. The number of unbranched alkanes of at least 4 members (excludes halogenated alkanes) is 1. The zero-order valence-corrected chi connectivity index (χ0v) is 11.3. The van der Waals surface area contributed by atoms with Gasteiger partial charge in [0.25, 0.3) is 0 Å². The fourth-order valence-corrected chi connectivity index (χ4v) is 1.78. The van der Waals surface area contributed by atoms with Gasteiger partial charge < -0.3 is 9.42 Å². The first-order chi connectivity index (χ1) is 7.63. The van der Waals surface area contributed by atoms with E-state index in [0.717, 1.165) is 29.6 Å². The summed E-state index contributed by atoms with van der Waals surface area (Å²) in [6.45, 7) is 2.36. The topological polar surface area (TPSA) is 46.3 Å². The number of hydrogen-bond donors (Lipinski definition) is 0. The highest BCUT2D eigenvalue weighted by molar-refractivity contribution is 9.09. The van der Waals surface area contributed by atoms with Crippen LogP contribution in [0.3, 0.4) is 0 Å². The van der Waals surface area contributed by atoms with E-state index in [-0.39, 0.29) is 5.91 Å². The van der Waals surface area contributed by atoms with Crippen LogP contribution in [-0.4, -0.2) is 28.3 Å². The maximum Gasteiger partial charge on any atom is 0.222 e. The van der Waals surface area contributed by atoms with Crippen molar-refractivity contribution in [3.05, 3.63) is 17.5 Å². The molecule has 0 unspecified atom stereocenters. The number of amides is 1. The highest BCUT2D eigenvalue weighted by Gasteiger charge is 2.10. The molecule has 0 radical (unpaired) electrons. The van der Waals surface area contributed by atoms with Gasteiger partial charge in [-0.2, -0.15) is 0 Å². The summed E-state index contributed by atoms with van der Waals surface area (Å²) >= 11 is 3.35. The van der Waals surface area contributed by atoms with Crippen LogP contribution in [0.5, 0.6) is 0 Å². The Kier molecular flexibility index (Phi) is 5.52. The van der Waals surface area contributed by atoms with Gasteiger partial charge in [-0.25, -0.2) is 0 Å². The lowest BCUT2D eigenvalue weighted by Gasteiger charge is -2.15. The van der Waals surface area contributed by atoms with Gasteiger partial charge in [-0.3, -0.25) is 4.79 Å². The van der Waals surface area contributed by atoms with E-state index in [2.05, 4.69) is 21.1 Å². The molecule has 1 aromatic rings. The second-order valence-electron chi connectivity index (χ2n) is 3.82. The number of rotatable bonds is 6. The molecule has 0 N–H and O–H groups in total. The third-order valence-electron chi connectivity index (χ3n) is 2.28. The van der Waals surface area contributed by atoms with Crippen molar-refractivity contribution in [3.8, 4) is 0 Å². The fraction of sp³-hybridized carbons (Fsp3) is 0.636. The van der Waals surface area contributed by atoms with E-state index in [4.69, 9.17) is 4.52 Å². The van der Waals surface area contributed by atoms with Crippen LogP contribution in [0, 0.1) is 6.92 Å². The summed E-state index contributed by atoms with van der Waals surface area (Å²) in [7, 11) is 1.79. The minimum atomic E-state index is 0.154. The molecule has 5 heteroatoms. The number of carbonyl (C=O) groups excluding carboxylic acids is 1. The second-order valence-corrected chi connectivity index (χ2v) is 4.62. The maximum atomic E-state index is 11.7. The van der Waals surface area contributed by atoms with Crippen molar-refractivity contribution in [2.45, 2.75) is 32.7 Å². The molecule has 0 saturated carbocycles. The summed E-state index contributed by atoms with van der Waals surface area (Å²) < 4.78 is 4.95. The number of aryl methyl sites for hydroxylation is 1. The van der Waals surface area contributed by atoms with Crippen molar-refractivity contribution >= 4 is 21.8 Å². The molecular weight excluding hydrogens is 272 g/mol. The van der Waals surface area contributed by atoms with E-state index in [0.29, 0.717) is 13.0 Å². The minimum Gasteiger partial charge on any atom is -0.361 e. The Balaban J connectivity index is 2.34. The van der Waals surface area contributed by atoms with Crippen LogP contribution in [0.15, 0.2) is 10.6 Å². The third-order valence-corrected chi connectivity index (χ3v) is 2.84. The average Bonchev–Trinajstić information content (AvgIpc) is 2.64. The number of hydrogen-bond acceptors (Lipinski definition) is 3. The summed E-state index contributed by atoms with van der Waals surface area (Å²) in [5, 5.41) is 4.81. The van der Waals surface area contributed by atoms with Crippen LogP contribution in [0.25, 0.3) is 0 Å². The summed E-state index contributed by atoms with van der Waals surface area (Å²) in [6.07, 6.45) is 2.55. The van der Waals surface area contributed by atoms with Crippen LogP contribution in [0.2, 0.25) is 0 Å². The molecule has 0 fully saturated rings. The lowest BCUT2D eigenvalue weighted by Crippen LogP contribution is -2.26. The number of nitrogens with zero attached hydrogens (tertiary/aromatic N) is 2. The molecule has 0 aromatic carbocycles. The summed E-state index contributed by atoms with van der Waals surface area (Å²) in [5.41, 5.74) is 0.800. The second kappa shape index (κ2) is 6.68. The molecule has 90 valence electrons. The van der Waals surface area contributed by atoms with Crippen LogP contribution in [-0.2, 0) is 11.3 Å². The van der Waals surface area contributed by atoms with Gasteiger partial charge in [-0.1, -0.05) is 21.1 Å². The number of halogens is 1. The summed E-state index contributed by atoms with van der Waals surface area (Å²) in [4.78, 5) is 13.4. The van der Waals surface area contributed by atoms with E-state index in [1.165, 1.54) is 0 Å². The molecule has 0 atom stereocenters. The van der Waals surface area contributed by atoms with Crippen molar-refractivity contribution in [1.82, 2.24) is 10.1 Å². The lowest BCUT2D eigenvalue weighted by atomic mass is 10.2. The van der Waals surface area contributed by atoms with Gasteiger partial charge in [0.2, 0.25) is 5.91 Å². The molecular formula is C11H17BrN2O2. The number of alkyl halides is 1. The lowest BCUT2D eigenvalue weighted by molar-refractivity contribution is -0.130. The van der Waals surface area contributed by atoms with Gasteiger partial charge in [-0.05, 0) is 19.8 Å². The Morgan fingerprint density at radius 1 is 1.56 bits per heavy atom.